The van der Waals surface area contributed by atoms with Gasteiger partial charge in [0.15, 0.2) is 0 Å². The van der Waals surface area contributed by atoms with Crippen LogP contribution in [0.2, 0.25) is 0 Å². The Labute approximate surface area is 88.2 Å². The molecule has 2 aromatic heterocycles. The van der Waals surface area contributed by atoms with Crippen LogP contribution in [0.5, 0.6) is 0 Å². The van der Waals surface area contributed by atoms with Crippen LogP contribution in [0, 0.1) is 6.92 Å². The molecule has 15 heavy (non-hydrogen) atoms. The van der Waals surface area contributed by atoms with Gasteiger partial charge >= 0.3 is 0 Å². The molecule has 0 radical (unpaired) electrons. The normalized spacial score (nSPS) is 12.7. The minimum Gasteiger partial charge on any atom is -0.382 e. The Balaban J connectivity index is 2.32. The van der Waals surface area contributed by atoms with Crippen molar-refractivity contribution in [3.8, 4) is 0 Å². The van der Waals surface area contributed by atoms with E-state index in [1.165, 1.54) is 0 Å². The summed E-state index contributed by atoms with van der Waals surface area (Å²) in [5.74, 6) is 0. The Bertz CT molecular complexity index is 431. The Morgan fingerprint density at radius 2 is 2.27 bits per heavy atom. The van der Waals surface area contributed by atoms with E-state index in [0.717, 1.165) is 11.3 Å². The maximum atomic E-state index is 10.0. The first-order valence-corrected chi connectivity index (χ1v) is 4.77. The summed E-state index contributed by atoms with van der Waals surface area (Å²) in [5.41, 5.74) is 2.44. The zero-order valence-corrected chi connectivity index (χ0v) is 8.75. The highest BCUT2D eigenvalue weighted by atomic mass is 16.3. The Morgan fingerprint density at radius 1 is 1.47 bits per heavy atom. The average Bonchev–Trinajstić information content (AvgIpc) is 2.59. The molecule has 4 heteroatoms. The molecule has 2 heterocycles. The second kappa shape index (κ2) is 3.82. The summed E-state index contributed by atoms with van der Waals surface area (Å²) >= 11 is 0. The van der Waals surface area contributed by atoms with E-state index in [4.69, 9.17) is 0 Å². The molecular weight excluding hydrogens is 190 g/mol. The molecule has 2 aromatic rings. The number of pyridine rings is 1. The molecule has 1 unspecified atom stereocenters. The molecule has 1 atom stereocenters. The fraction of sp³-hybridized carbons (Fsp3) is 0.273. The van der Waals surface area contributed by atoms with Gasteiger partial charge in [0.2, 0.25) is 0 Å². The fourth-order valence-electron chi connectivity index (χ4n) is 1.43. The summed E-state index contributed by atoms with van der Waals surface area (Å²) in [5, 5.41) is 14.2. The summed E-state index contributed by atoms with van der Waals surface area (Å²) in [7, 11) is 1.86. The summed E-state index contributed by atoms with van der Waals surface area (Å²) in [6.45, 7) is 1.95. The second-order valence-electron chi connectivity index (χ2n) is 3.52. The van der Waals surface area contributed by atoms with Crippen molar-refractivity contribution >= 4 is 0 Å². The predicted molar refractivity (Wildman–Crippen MR) is 56.2 cm³/mol. The number of rotatable bonds is 2. The van der Waals surface area contributed by atoms with E-state index in [0.29, 0.717) is 5.69 Å². The van der Waals surface area contributed by atoms with Crippen molar-refractivity contribution < 1.29 is 5.11 Å². The van der Waals surface area contributed by atoms with Crippen molar-refractivity contribution in [2.75, 3.05) is 0 Å². The van der Waals surface area contributed by atoms with Crippen LogP contribution in [-0.4, -0.2) is 19.9 Å². The van der Waals surface area contributed by atoms with Crippen LogP contribution < -0.4 is 0 Å². The summed E-state index contributed by atoms with van der Waals surface area (Å²) in [6, 6.07) is 5.51. The molecule has 0 fully saturated rings. The third-order valence-electron chi connectivity index (χ3n) is 2.41. The molecular formula is C11H13N3O. The van der Waals surface area contributed by atoms with Gasteiger partial charge in [0.1, 0.15) is 6.10 Å². The van der Waals surface area contributed by atoms with E-state index in [1.54, 1.807) is 23.1 Å². The minimum absolute atomic E-state index is 0.656. The van der Waals surface area contributed by atoms with Crippen molar-refractivity contribution in [2.24, 2.45) is 7.05 Å². The third kappa shape index (κ3) is 1.89. The van der Waals surface area contributed by atoms with Crippen molar-refractivity contribution in [1.29, 1.82) is 0 Å². The SMILES string of the molecule is Cc1cc(C(O)c2cccnc2)nn1C. The molecule has 1 N–H and O–H groups in total. The molecule has 0 saturated heterocycles. The number of aliphatic hydroxyl groups is 1. The Kier molecular flexibility index (Phi) is 2.51. The van der Waals surface area contributed by atoms with Crippen LogP contribution in [0.25, 0.3) is 0 Å². The lowest BCUT2D eigenvalue weighted by atomic mass is 10.1. The first kappa shape index (κ1) is 9.86. The number of aliphatic hydroxyl groups excluding tert-OH is 1. The summed E-state index contributed by atoms with van der Waals surface area (Å²) in [4.78, 5) is 3.97. The first-order chi connectivity index (χ1) is 7.18. The van der Waals surface area contributed by atoms with Crippen LogP contribution >= 0.6 is 0 Å². The number of nitrogens with zero attached hydrogens (tertiary/aromatic N) is 3. The van der Waals surface area contributed by atoms with E-state index in [9.17, 15) is 5.11 Å². The summed E-state index contributed by atoms with van der Waals surface area (Å²) < 4.78 is 1.74. The molecule has 2 rings (SSSR count). The molecule has 0 saturated carbocycles. The standard InChI is InChI=1S/C11H13N3O/c1-8-6-10(13-14(8)2)11(15)9-4-3-5-12-7-9/h3-7,11,15H,1-2H3. The minimum atomic E-state index is -0.696. The number of aromatic nitrogens is 3. The molecule has 0 aliphatic heterocycles. The van der Waals surface area contributed by atoms with Gasteiger partial charge in [-0.1, -0.05) is 6.07 Å². The van der Waals surface area contributed by atoms with Crippen LogP contribution in [0.4, 0.5) is 0 Å². The molecule has 0 aromatic carbocycles. The lowest BCUT2D eigenvalue weighted by molar-refractivity contribution is 0.214. The van der Waals surface area contributed by atoms with Crippen molar-refractivity contribution in [1.82, 2.24) is 14.8 Å². The van der Waals surface area contributed by atoms with Crippen molar-refractivity contribution in [3.05, 3.63) is 47.5 Å². The lowest BCUT2D eigenvalue weighted by Gasteiger charge is -2.06. The van der Waals surface area contributed by atoms with Gasteiger partial charge in [-0.15, -0.1) is 0 Å². The van der Waals surface area contributed by atoms with E-state index < -0.39 is 6.10 Å². The molecule has 0 aliphatic carbocycles. The van der Waals surface area contributed by atoms with Crippen LogP contribution in [-0.2, 0) is 7.05 Å². The largest absolute Gasteiger partial charge is 0.382 e. The van der Waals surface area contributed by atoms with Gasteiger partial charge in [0.25, 0.3) is 0 Å². The molecule has 78 valence electrons. The number of hydrogen-bond acceptors (Lipinski definition) is 3. The van der Waals surface area contributed by atoms with Gasteiger partial charge in [-0.3, -0.25) is 9.67 Å². The summed E-state index contributed by atoms with van der Waals surface area (Å²) in [6.07, 6.45) is 2.63. The van der Waals surface area contributed by atoms with E-state index in [1.807, 2.05) is 26.1 Å². The van der Waals surface area contributed by atoms with Crippen LogP contribution in [0.15, 0.2) is 30.6 Å². The maximum absolute atomic E-state index is 10.0. The van der Waals surface area contributed by atoms with Crippen molar-refractivity contribution in [3.63, 3.8) is 0 Å². The van der Waals surface area contributed by atoms with Crippen LogP contribution in [0.1, 0.15) is 23.1 Å². The highest BCUT2D eigenvalue weighted by Crippen LogP contribution is 2.19. The van der Waals surface area contributed by atoms with Crippen molar-refractivity contribution in [2.45, 2.75) is 13.0 Å². The van der Waals surface area contributed by atoms with E-state index in [2.05, 4.69) is 10.1 Å². The van der Waals surface area contributed by atoms with Gasteiger partial charge in [-0.05, 0) is 19.1 Å². The van der Waals surface area contributed by atoms with Gasteiger partial charge in [0, 0.05) is 30.7 Å². The third-order valence-corrected chi connectivity index (χ3v) is 2.41. The maximum Gasteiger partial charge on any atom is 0.124 e. The molecule has 0 amide bonds. The van der Waals surface area contributed by atoms with Gasteiger partial charge in [0.05, 0.1) is 5.69 Å². The Morgan fingerprint density at radius 3 is 2.80 bits per heavy atom. The van der Waals surface area contributed by atoms with Gasteiger partial charge < -0.3 is 5.11 Å². The average molecular weight is 203 g/mol. The molecule has 0 aliphatic rings. The smallest absolute Gasteiger partial charge is 0.124 e. The highest BCUT2D eigenvalue weighted by Gasteiger charge is 2.14. The highest BCUT2D eigenvalue weighted by molar-refractivity contribution is 5.23. The predicted octanol–water partition coefficient (Wildman–Crippen LogP) is 1.21. The first-order valence-electron chi connectivity index (χ1n) is 4.77. The zero-order valence-electron chi connectivity index (χ0n) is 8.75. The number of aryl methyl sites for hydroxylation is 2. The monoisotopic (exact) mass is 203 g/mol. The lowest BCUT2D eigenvalue weighted by Crippen LogP contribution is -2.02. The van der Waals surface area contributed by atoms with E-state index >= 15 is 0 Å². The van der Waals surface area contributed by atoms with E-state index in [-0.39, 0.29) is 0 Å². The Hall–Kier alpha value is -1.68. The second-order valence-corrected chi connectivity index (χ2v) is 3.52. The molecule has 0 spiro atoms. The quantitative estimate of drug-likeness (QED) is 0.798. The molecule has 0 bridgehead atoms. The zero-order chi connectivity index (χ0) is 10.8. The topological polar surface area (TPSA) is 50.9 Å². The van der Waals surface area contributed by atoms with Gasteiger partial charge in [-0.2, -0.15) is 5.10 Å². The van der Waals surface area contributed by atoms with Crippen LogP contribution in [0.3, 0.4) is 0 Å². The number of hydrogen-bond donors (Lipinski definition) is 1. The molecule has 4 nitrogen and oxygen atoms in total. The van der Waals surface area contributed by atoms with Gasteiger partial charge in [-0.25, -0.2) is 0 Å². The fourth-order valence-corrected chi connectivity index (χ4v) is 1.43.